The molecule has 3 N–H and O–H groups in total. The Balaban J connectivity index is 3.46. The molecule has 0 spiro atoms. The van der Waals surface area contributed by atoms with Crippen LogP contribution in [0, 0.1) is 0 Å². The van der Waals surface area contributed by atoms with Gasteiger partial charge in [-0.1, -0.05) is 83.3 Å². The lowest BCUT2D eigenvalue weighted by Crippen LogP contribution is -2.38. The van der Waals surface area contributed by atoms with Crippen molar-refractivity contribution in [2.24, 2.45) is 5.73 Å². The maximum atomic E-state index is 10.3. The molecule has 0 saturated carbocycles. The molecule has 0 saturated heterocycles. The Hall–Kier alpha value is -0.230. The molecular formula is C18H36NO5P-2. The first-order chi connectivity index (χ1) is 11.9. The minimum absolute atomic E-state index is 0.506. The van der Waals surface area contributed by atoms with Gasteiger partial charge in [-0.2, -0.15) is 0 Å². The van der Waals surface area contributed by atoms with E-state index in [1.807, 2.05) is 6.08 Å². The number of unbranched alkanes of at least 4 members (excludes halogenated alkanes) is 11. The smallest absolute Gasteiger partial charge is 0.0894 e. The Morgan fingerprint density at radius 2 is 1.48 bits per heavy atom. The highest BCUT2D eigenvalue weighted by atomic mass is 31.2. The van der Waals surface area contributed by atoms with Crippen LogP contribution in [0.5, 0.6) is 0 Å². The zero-order valence-electron chi connectivity index (χ0n) is 15.6. The van der Waals surface area contributed by atoms with E-state index in [1.54, 1.807) is 0 Å². The van der Waals surface area contributed by atoms with Gasteiger partial charge in [-0.3, -0.25) is 0 Å². The Morgan fingerprint density at radius 1 is 1.00 bits per heavy atom. The summed E-state index contributed by atoms with van der Waals surface area (Å²) in [6.07, 6.45) is 17.4. The van der Waals surface area contributed by atoms with E-state index in [-0.39, 0.29) is 0 Å². The van der Waals surface area contributed by atoms with E-state index < -0.39 is 26.6 Å². The van der Waals surface area contributed by atoms with Crippen LogP contribution >= 0.6 is 7.82 Å². The second-order valence-corrected chi connectivity index (χ2v) is 7.80. The van der Waals surface area contributed by atoms with Gasteiger partial charge in [0.25, 0.3) is 0 Å². The van der Waals surface area contributed by atoms with Crippen molar-refractivity contribution in [3.05, 3.63) is 12.2 Å². The second kappa shape index (κ2) is 16.0. The number of phosphoric ester groups is 1. The standard InChI is InChI=1S/C18H38NO5P/c1-2-3-4-5-6-7-8-9-10-11-12-13-14-15-18(20)17(19)16-24-25(21,22)23/h14-15,17-18,20H,2-13,16,19H2,1H3,(H2,21,22,23)/p-2/b15-14+/t17-,18+/m0/s1. The molecule has 0 amide bonds. The number of rotatable bonds is 17. The van der Waals surface area contributed by atoms with Crippen LogP contribution in [0.1, 0.15) is 84.0 Å². The largest absolute Gasteiger partial charge is 0.790 e. The average molecular weight is 377 g/mol. The number of phosphoric acid groups is 1. The highest BCUT2D eigenvalue weighted by Gasteiger charge is 2.12. The minimum Gasteiger partial charge on any atom is -0.790 e. The summed E-state index contributed by atoms with van der Waals surface area (Å²) in [6.45, 7) is 1.73. The Morgan fingerprint density at radius 3 is 1.96 bits per heavy atom. The topological polar surface area (TPSA) is 119 Å². The molecule has 0 rings (SSSR count). The van der Waals surface area contributed by atoms with E-state index >= 15 is 0 Å². The van der Waals surface area contributed by atoms with Crippen molar-refractivity contribution in [2.75, 3.05) is 6.61 Å². The molecule has 0 heterocycles. The molecule has 0 aliphatic rings. The predicted octanol–water partition coefficient (Wildman–Crippen LogP) is 2.78. The van der Waals surface area contributed by atoms with Crippen molar-refractivity contribution in [1.29, 1.82) is 0 Å². The Kier molecular flexibility index (Phi) is 15.8. The second-order valence-electron chi connectivity index (χ2n) is 6.65. The summed E-state index contributed by atoms with van der Waals surface area (Å²) in [5.74, 6) is 0. The van der Waals surface area contributed by atoms with Crippen LogP contribution in [0.2, 0.25) is 0 Å². The van der Waals surface area contributed by atoms with Crippen LogP contribution in [0.3, 0.4) is 0 Å². The summed E-state index contributed by atoms with van der Waals surface area (Å²) in [4.78, 5) is 20.7. The fourth-order valence-electron chi connectivity index (χ4n) is 2.58. The lowest BCUT2D eigenvalue weighted by molar-refractivity contribution is -0.342. The normalized spacial score (nSPS) is 14.9. The molecule has 25 heavy (non-hydrogen) atoms. The minimum atomic E-state index is -5.03. The first-order valence-corrected chi connectivity index (χ1v) is 11.1. The molecule has 0 aliphatic heterocycles. The zero-order valence-corrected chi connectivity index (χ0v) is 16.5. The SMILES string of the molecule is CCCCCCCCCCCCC/C=C/[C@@H](O)[C@@H](N)COP(=O)([O-])[O-]. The molecule has 0 radical (unpaired) electrons. The molecular weight excluding hydrogens is 341 g/mol. The highest BCUT2D eigenvalue weighted by molar-refractivity contribution is 7.43. The third kappa shape index (κ3) is 18.4. The van der Waals surface area contributed by atoms with Gasteiger partial charge in [0.2, 0.25) is 0 Å². The number of allylic oxidation sites excluding steroid dienone is 1. The number of hydrogen-bond donors (Lipinski definition) is 2. The molecule has 2 atom stereocenters. The van der Waals surface area contributed by atoms with Gasteiger partial charge in [0.15, 0.2) is 0 Å². The van der Waals surface area contributed by atoms with Crippen molar-refractivity contribution >= 4 is 7.82 Å². The quantitative estimate of drug-likeness (QED) is 0.228. The van der Waals surface area contributed by atoms with Crippen molar-refractivity contribution < 1.29 is 24.0 Å². The Bertz CT molecular complexity index is 372. The van der Waals surface area contributed by atoms with Crippen molar-refractivity contribution in [1.82, 2.24) is 0 Å². The molecule has 0 aromatic heterocycles. The summed E-state index contributed by atoms with van der Waals surface area (Å²) in [7, 11) is -5.03. The lowest BCUT2D eigenvalue weighted by Gasteiger charge is -2.30. The van der Waals surface area contributed by atoms with E-state index in [0.29, 0.717) is 0 Å². The van der Waals surface area contributed by atoms with Crippen LogP contribution in [0.15, 0.2) is 12.2 Å². The molecule has 6 nitrogen and oxygen atoms in total. The van der Waals surface area contributed by atoms with Gasteiger partial charge >= 0.3 is 0 Å². The van der Waals surface area contributed by atoms with E-state index in [4.69, 9.17) is 5.73 Å². The Labute approximate surface area is 153 Å². The summed E-state index contributed by atoms with van der Waals surface area (Å²) in [6, 6.07) is -0.926. The summed E-state index contributed by atoms with van der Waals surface area (Å²) in [5, 5.41) is 9.71. The van der Waals surface area contributed by atoms with Crippen LogP contribution < -0.4 is 15.5 Å². The summed E-state index contributed by atoms with van der Waals surface area (Å²) < 4.78 is 14.4. The zero-order chi connectivity index (χ0) is 19.0. The third-order valence-electron chi connectivity index (χ3n) is 4.17. The van der Waals surface area contributed by atoms with Crippen LogP contribution in [-0.4, -0.2) is 23.9 Å². The molecule has 0 aromatic rings. The van der Waals surface area contributed by atoms with Crippen LogP contribution in [-0.2, 0) is 9.09 Å². The molecule has 0 aromatic carbocycles. The van der Waals surface area contributed by atoms with Crippen molar-refractivity contribution in [3.63, 3.8) is 0 Å². The van der Waals surface area contributed by atoms with Crippen molar-refractivity contribution in [2.45, 2.75) is 96.1 Å². The van der Waals surface area contributed by atoms with E-state index in [2.05, 4.69) is 11.4 Å². The molecule has 0 bridgehead atoms. The predicted molar refractivity (Wildman–Crippen MR) is 97.8 cm³/mol. The van der Waals surface area contributed by atoms with Gasteiger partial charge < -0.3 is 29.7 Å². The van der Waals surface area contributed by atoms with Crippen LogP contribution in [0.25, 0.3) is 0 Å². The average Bonchev–Trinajstić information content (AvgIpc) is 2.56. The fourth-order valence-corrected chi connectivity index (χ4v) is 2.94. The monoisotopic (exact) mass is 377 g/mol. The fraction of sp³-hybridized carbons (Fsp3) is 0.889. The maximum absolute atomic E-state index is 10.3. The third-order valence-corrected chi connectivity index (χ3v) is 4.64. The van der Waals surface area contributed by atoms with Gasteiger partial charge in [0.05, 0.1) is 26.6 Å². The highest BCUT2D eigenvalue weighted by Crippen LogP contribution is 2.24. The molecule has 0 aliphatic carbocycles. The first kappa shape index (κ1) is 24.8. The molecule has 7 heteroatoms. The summed E-state index contributed by atoms with van der Waals surface area (Å²) >= 11 is 0. The van der Waals surface area contributed by atoms with Gasteiger partial charge in [0.1, 0.15) is 0 Å². The molecule has 0 fully saturated rings. The van der Waals surface area contributed by atoms with E-state index in [0.717, 1.165) is 12.8 Å². The number of aliphatic hydroxyl groups is 1. The lowest BCUT2D eigenvalue weighted by atomic mass is 10.0. The van der Waals surface area contributed by atoms with Gasteiger partial charge in [-0.25, -0.2) is 0 Å². The molecule has 0 unspecified atom stereocenters. The number of nitrogens with two attached hydrogens (primary N) is 1. The van der Waals surface area contributed by atoms with Crippen LogP contribution in [0.4, 0.5) is 0 Å². The first-order valence-electron chi connectivity index (χ1n) is 9.63. The number of hydrogen-bond acceptors (Lipinski definition) is 6. The van der Waals surface area contributed by atoms with E-state index in [1.165, 1.54) is 70.3 Å². The maximum Gasteiger partial charge on any atom is 0.0894 e. The van der Waals surface area contributed by atoms with Crippen molar-refractivity contribution in [3.8, 4) is 0 Å². The van der Waals surface area contributed by atoms with Gasteiger partial charge in [0, 0.05) is 0 Å². The van der Waals surface area contributed by atoms with Gasteiger partial charge in [-0.05, 0) is 12.8 Å². The van der Waals surface area contributed by atoms with E-state index in [9.17, 15) is 19.5 Å². The molecule has 150 valence electrons. The summed E-state index contributed by atoms with van der Waals surface area (Å²) in [5.41, 5.74) is 5.55. The van der Waals surface area contributed by atoms with Gasteiger partial charge in [-0.15, -0.1) is 0 Å². The number of aliphatic hydroxyl groups excluding tert-OH is 1.